The highest BCUT2D eigenvalue weighted by Crippen LogP contribution is 2.34. The summed E-state index contributed by atoms with van der Waals surface area (Å²) < 4.78 is 26.9. The van der Waals surface area contributed by atoms with Crippen molar-refractivity contribution in [1.82, 2.24) is 14.7 Å². The van der Waals surface area contributed by atoms with Crippen molar-refractivity contribution in [2.45, 2.75) is 43.5 Å². The monoisotopic (exact) mass is 289 g/mol. The number of halogens is 1. The molecule has 0 amide bonds. The highest BCUT2D eigenvalue weighted by atomic mass is 35.5. The molecule has 1 saturated carbocycles. The molecule has 0 radical (unpaired) electrons. The Morgan fingerprint density at radius 2 is 2.06 bits per heavy atom. The van der Waals surface area contributed by atoms with E-state index in [0.717, 1.165) is 12.8 Å². The third-order valence-corrected chi connectivity index (χ3v) is 4.71. The topological polar surface area (TPSA) is 72.0 Å². The SMILES string of the molecule is CCC(CC1CC1)NS(=O)(=O)c1cnc(Cl)nc1. The number of nitrogens with one attached hydrogen (secondary N) is 1. The van der Waals surface area contributed by atoms with E-state index in [4.69, 9.17) is 11.6 Å². The Balaban J connectivity index is 2.07. The third-order valence-electron chi connectivity index (χ3n) is 3.04. The molecular formula is C11H16ClN3O2S. The molecule has 1 atom stereocenters. The molecule has 7 heteroatoms. The van der Waals surface area contributed by atoms with Crippen molar-refractivity contribution < 1.29 is 8.42 Å². The molecule has 1 heterocycles. The Hall–Kier alpha value is -0.720. The molecule has 1 N–H and O–H groups in total. The van der Waals surface area contributed by atoms with E-state index in [9.17, 15) is 8.42 Å². The second kappa shape index (κ2) is 5.50. The average Bonchev–Trinajstić information content (AvgIpc) is 3.12. The molecule has 0 aliphatic heterocycles. The van der Waals surface area contributed by atoms with Crippen LogP contribution in [0.2, 0.25) is 5.28 Å². The largest absolute Gasteiger partial charge is 0.243 e. The van der Waals surface area contributed by atoms with E-state index in [0.29, 0.717) is 5.92 Å². The fraction of sp³-hybridized carbons (Fsp3) is 0.636. The summed E-state index contributed by atoms with van der Waals surface area (Å²) in [6.07, 6.45) is 6.56. The van der Waals surface area contributed by atoms with E-state index in [1.54, 1.807) is 0 Å². The molecule has 0 bridgehead atoms. The predicted molar refractivity (Wildman–Crippen MR) is 68.8 cm³/mol. The number of hydrogen-bond acceptors (Lipinski definition) is 4. The minimum Gasteiger partial charge on any atom is -0.225 e. The maximum Gasteiger partial charge on any atom is 0.243 e. The highest BCUT2D eigenvalue weighted by molar-refractivity contribution is 7.89. The van der Waals surface area contributed by atoms with Gasteiger partial charge in [0.15, 0.2) is 0 Å². The lowest BCUT2D eigenvalue weighted by atomic mass is 10.1. The van der Waals surface area contributed by atoms with Crippen LogP contribution >= 0.6 is 11.6 Å². The van der Waals surface area contributed by atoms with Crippen LogP contribution in [0.5, 0.6) is 0 Å². The lowest BCUT2D eigenvalue weighted by molar-refractivity contribution is 0.495. The van der Waals surface area contributed by atoms with E-state index >= 15 is 0 Å². The summed E-state index contributed by atoms with van der Waals surface area (Å²) in [5.74, 6) is 0.680. The molecule has 5 nitrogen and oxygen atoms in total. The Labute approximate surface area is 112 Å². The van der Waals surface area contributed by atoms with Gasteiger partial charge >= 0.3 is 0 Å². The molecule has 0 aromatic carbocycles. The van der Waals surface area contributed by atoms with E-state index in [-0.39, 0.29) is 16.2 Å². The Bertz CT molecular complexity index is 500. The third kappa shape index (κ3) is 3.63. The predicted octanol–water partition coefficient (Wildman–Crippen LogP) is 1.99. The summed E-state index contributed by atoms with van der Waals surface area (Å²) in [5.41, 5.74) is 0. The molecule has 18 heavy (non-hydrogen) atoms. The van der Waals surface area contributed by atoms with Crippen LogP contribution in [-0.4, -0.2) is 24.4 Å². The van der Waals surface area contributed by atoms with Gasteiger partial charge in [0.25, 0.3) is 0 Å². The van der Waals surface area contributed by atoms with Crippen LogP contribution in [0.1, 0.15) is 32.6 Å². The second-order valence-electron chi connectivity index (χ2n) is 4.59. The summed E-state index contributed by atoms with van der Waals surface area (Å²) >= 11 is 5.53. The van der Waals surface area contributed by atoms with Gasteiger partial charge in [-0.15, -0.1) is 0 Å². The number of rotatable bonds is 6. The number of nitrogens with zero attached hydrogens (tertiary/aromatic N) is 2. The van der Waals surface area contributed by atoms with Gasteiger partial charge in [-0.05, 0) is 30.4 Å². The van der Waals surface area contributed by atoms with Crippen molar-refractivity contribution in [3.8, 4) is 0 Å². The van der Waals surface area contributed by atoms with E-state index < -0.39 is 10.0 Å². The zero-order chi connectivity index (χ0) is 13.2. The molecule has 0 spiro atoms. The minimum absolute atomic E-state index is 0.0156. The maximum atomic E-state index is 12.1. The van der Waals surface area contributed by atoms with Crippen molar-refractivity contribution in [3.63, 3.8) is 0 Å². The van der Waals surface area contributed by atoms with Gasteiger partial charge in [-0.25, -0.2) is 23.1 Å². The first-order valence-corrected chi connectivity index (χ1v) is 7.87. The summed E-state index contributed by atoms with van der Waals surface area (Å²) in [5, 5.41) is 0.0407. The average molecular weight is 290 g/mol. The summed E-state index contributed by atoms with van der Waals surface area (Å²) in [6, 6.07) is -0.0156. The summed E-state index contributed by atoms with van der Waals surface area (Å²) in [4.78, 5) is 7.43. The molecule has 1 aromatic heterocycles. The molecule has 1 aliphatic rings. The van der Waals surface area contributed by atoms with Crippen molar-refractivity contribution in [2.24, 2.45) is 5.92 Å². The van der Waals surface area contributed by atoms with E-state index in [1.807, 2.05) is 6.92 Å². The number of sulfonamides is 1. The van der Waals surface area contributed by atoms with Crippen molar-refractivity contribution in [1.29, 1.82) is 0 Å². The first-order chi connectivity index (χ1) is 8.51. The van der Waals surface area contributed by atoms with Gasteiger partial charge in [0, 0.05) is 6.04 Å². The normalized spacial score (nSPS) is 17.7. The van der Waals surface area contributed by atoms with Crippen molar-refractivity contribution in [3.05, 3.63) is 17.7 Å². The quantitative estimate of drug-likeness (QED) is 0.813. The summed E-state index contributed by atoms with van der Waals surface area (Å²) in [6.45, 7) is 1.98. The molecule has 2 rings (SSSR count). The van der Waals surface area contributed by atoms with Crippen LogP contribution in [-0.2, 0) is 10.0 Å². The van der Waals surface area contributed by atoms with Crippen LogP contribution < -0.4 is 4.72 Å². The Kier molecular flexibility index (Phi) is 4.19. The number of aromatic nitrogens is 2. The molecule has 1 fully saturated rings. The fourth-order valence-electron chi connectivity index (χ4n) is 1.78. The van der Waals surface area contributed by atoms with Gasteiger partial charge in [-0.3, -0.25) is 0 Å². The van der Waals surface area contributed by atoms with Crippen LogP contribution in [0.15, 0.2) is 17.3 Å². The highest BCUT2D eigenvalue weighted by Gasteiger charge is 2.27. The Morgan fingerprint density at radius 1 is 1.44 bits per heavy atom. The van der Waals surface area contributed by atoms with E-state index in [1.165, 1.54) is 25.2 Å². The lowest BCUT2D eigenvalue weighted by Gasteiger charge is -2.16. The second-order valence-corrected chi connectivity index (χ2v) is 6.65. The maximum absolute atomic E-state index is 12.1. The van der Waals surface area contributed by atoms with Crippen LogP contribution in [0.4, 0.5) is 0 Å². The zero-order valence-electron chi connectivity index (χ0n) is 10.1. The first kappa shape index (κ1) is 13.7. The summed E-state index contributed by atoms with van der Waals surface area (Å²) in [7, 11) is -3.54. The van der Waals surface area contributed by atoms with Gasteiger partial charge in [0.2, 0.25) is 15.3 Å². The standard InChI is InChI=1S/C11H16ClN3O2S/c1-2-9(5-8-3-4-8)15-18(16,17)10-6-13-11(12)14-7-10/h6-9,15H,2-5H2,1H3. The Morgan fingerprint density at radius 3 is 2.56 bits per heavy atom. The van der Waals surface area contributed by atoms with Gasteiger partial charge in [0.1, 0.15) is 4.90 Å². The van der Waals surface area contributed by atoms with Gasteiger partial charge < -0.3 is 0 Å². The van der Waals surface area contributed by atoms with Crippen molar-refractivity contribution >= 4 is 21.6 Å². The van der Waals surface area contributed by atoms with Gasteiger partial charge in [-0.2, -0.15) is 0 Å². The molecular weight excluding hydrogens is 274 g/mol. The number of hydrogen-bond donors (Lipinski definition) is 1. The smallest absolute Gasteiger partial charge is 0.225 e. The molecule has 1 unspecified atom stereocenters. The van der Waals surface area contributed by atoms with Crippen molar-refractivity contribution in [2.75, 3.05) is 0 Å². The van der Waals surface area contributed by atoms with Gasteiger partial charge in [-0.1, -0.05) is 19.8 Å². The fourth-order valence-corrected chi connectivity index (χ4v) is 3.10. The minimum atomic E-state index is -3.54. The molecule has 1 aliphatic carbocycles. The molecule has 1 aromatic rings. The zero-order valence-corrected chi connectivity index (χ0v) is 11.7. The van der Waals surface area contributed by atoms with E-state index in [2.05, 4.69) is 14.7 Å². The van der Waals surface area contributed by atoms with Crippen LogP contribution in [0, 0.1) is 5.92 Å². The van der Waals surface area contributed by atoms with Gasteiger partial charge in [0.05, 0.1) is 12.4 Å². The first-order valence-electron chi connectivity index (χ1n) is 6.01. The molecule has 100 valence electrons. The lowest BCUT2D eigenvalue weighted by Crippen LogP contribution is -2.34. The molecule has 0 saturated heterocycles. The van der Waals surface area contributed by atoms with Crippen LogP contribution in [0.3, 0.4) is 0 Å². The van der Waals surface area contributed by atoms with Crippen LogP contribution in [0.25, 0.3) is 0 Å².